The molecule has 1 unspecified atom stereocenters. The maximum Gasteiger partial charge on any atom is 0.321 e. The summed E-state index contributed by atoms with van der Waals surface area (Å²) >= 11 is 0. The molecule has 1 aromatic rings. The van der Waals surface area contributed by atoms with Gasteiger partial charge >= 0.3 is 5.97 Å². The van der Waals surface area contributed by atoms with Gasteiger partial charge in [-0.1, -0.05) is 12.1 Å². The van der Waals surface area contributed by atoms with Crippen LogP contribution in [-0.4, -0.2) is 38.9 Å². The molecular weight excluding hydrogens is 280 g/mol. The molecule has 7 heteroatoms. The Morgan fingerprint density at radius 1 is 1.35 bits per heavy atom. The second kappa shape index (κ2) is 6.83. The largest absolute Gasteiger partial charge is 0.465 e. The van der Waals surface area contributed by atoms with Crippen molar-refractivity contribution >= 4 is 16.0 Å². The molecule has 0 aliphatic heterocycles. The predicted molar refractivity (Wildman–Crippen MR) is 75.5 cm³/mol. The van der Waals surface area contributed by atoms with Gasteiger partial charge in [-0.15, -0.1) is 0 Å². The highest BCUT2D eigenvalue weighted by Crippen LogP contribution is 2.17. The van der Waals surface area contributed by atoms with Crippen LogP contribution in [0.1, 0.15) is 25.5 Å². The molecule has 20 heavy (non-hydrogen) atoms. The molecule has 0 aliphatic carbocycles. The number of ether oxygens (including phenoxy) is 1. The number of sulfonamides is 1. The van der Waals surface area contributed by atoms with E-state index in [0.717, 1.165) is 9.87 Å². The molecule has 1 aromatic carbocycles. The van der Waals surface area contributed by atoms with Gasteiger partial charge in [-0.25, -0.2) is 8.42 Å². The summed E-state index contributed by atoms with van der Waals surface area (Å²) in [5, 5.41) is 0. The number of carbonyl (C=O) groups excluding carboxylic acids is 1. The Morgan fingerprint density at radius 3 is 2.35 bits per heavy atom. The van der Waals surface area contributed by atoms with Crippen LogP contribution >= 0.6 is 0 Å². The van der Waals surface area contributed by atoms with E-state index in [0.29, 0.717) is 0 Å². The zero-order valence-electron chi connectivity index (χ0n) is 11.9. The third-order valence-electron chi connectivity index (χ3n) is 2.77. The van der Waals surface area contributed by atoms with Crippen LogP contribution < -0.4 is 5.73 Å². The molecule has 0 saturated heterocycles. The first kappa shape index (κ1) is 16.6. The van der Waals surface area contributed by atoms with Crippen LogP contribution in [0.2, 0.25) is 0 Å². The number of nitrogens with zero attached hydrogens (tertiary/aromatic N) is 1. The van der Waals surface area contributed by atoms with Gasteiger partial charge in [-0.2, -0.15) is 4.31 Å². The fourth-order valence-electron chi connectivity index (χ4n) is 1.60. The molecular formula is C13H20N2O4S. The van der Waals surface area contributed by atoms with Gasteiger partial charge in [0.05, 0.1) is 11.5 Å². The van der Waals surface area contributed by atoms with Gasteiger partial charge in [-0.3, -0.25) is 4.79 Å². The van der Waals surface area contributed by atoms with E-state index < -0.39 is 16.0 Å². The van der Waals surface area contributed by atoms with Crippen LogP contribution in [0.4, 0.5) is 0 Å². The summed E-state index contributed by atoms with van der Waals surface area (Å²) in [6.07, 6.45) is 0. The average molecular weight is 300 g/mol. The van der Waals surface area contributed by atoms with Gasteiger partial charge < -0.3 is 10.5 Å². The second-order valence-electron chi connectivity index (χ2n) is 4.42. The molecule has 1 atom stereocenters. The van der Waals surface area contributed by atoms with Crippen LogP contribution in [0.15, 0.2) is 29.2 Å². The van der Waals surface area contributed by atoms with Crippen LogP contribution in [0.25, 0.3) is 0 Å². The number of esters is 1. The van der Waals surface area contributed by atoms with Gasteiger partial charge in [0.2, 0.25) is 10.0 Å². The van der Waals surface area contributed by atoms with Gasteiger partial charge in [0.1, 0.15) is 6.54 Å². The minimum absolute atomic E-state index is 0.119. The Hall–Kier alpha value is -1.44. The third-order valence-corrected chi connectivity index (χ3v) is 4.59. The van der Waals surface area contributed by atoms with E-state index >= 15 is 0 Å². The first-order valence-corrected chi connectivity index (χ1v) is 7.70. The molecule has 0 spiro atoms. The van der Waals surface area contributed by atoms with E-state index in [4.69, 9.17) is 10.5 Å². The molecule has 0 heterocycles. The lowest BCUT2D eigenvalue weighted by Crippen LogP contribution is -2.33. The number of rotatable bonds is 6. The lowest BCUT2D eigenvalue weighted by molar-refractivity contribution is -0.143. The molecule has 0 amide bonds. The Bertz CT molecular complexity index is 552. The number of nitrogens with two attached hydrogens (primary N) is 1. The highest BCUT2D eigenvalue weighted by molar-refractivity contribution is 7.89. The molecule has 0 saturated carbocycles. The Labute approximate surface area is 119 Å². The minimum Gasteiger partial charge on any atom is -0.465 e. The molecule has 0 bridgehead atoms. The van der Waals surface area contributed by atoms with Crippen molar-refractivity contribution in [2.75, 3.05) is 20.2 Å². The summed E-state index contributed by atoms with van der Waals surface area (Å²) in [6, 6.07) is 6.13. The molecule has 0 aliphatic rings. The Kier molecular flexibility index (Phi) is 5.67. The number of hydrogen-bond acceptors (Lipinski definition) is 5. The predicted octanol–water partition coefficient (Wildman–Crippen LogP) is 0.890. The van der Waals surface area contributed by atoms with Gasteiger partial charge in [0, 0.05) is 13.1 Å². The molecule has 0 fully saturated rings. The second-order valence-corrected chi connectivity index (χ2v) is 6.47. The first-order valence-electron chi connectivity index (χ1n) is 6.26. The smallest absolute Gasteiger partial charge is 0.321 e. The fraction of sp³-hybridized carbons (Fsp3) is 0.462. The molecule has 0 radical (unpaired) electrons. The zero-order chi connectivity index (χ0) is 15.3. The van der Waals surface area contributed by atoms with Gasteiger partial charge in [0.15, 0.2) is 0 Å². The summed E-state index contributed by atoms with van der Waals surface area (Å²) in [5.41, 5.74) is 6.56. The van der Waals surface area contributed by atoms with Crippen molar-refractivity contribution in [3.8, 4) is 0 Å². The highest BCUT2D eigenvalue weighted by atomic mass is 32.2. The van der Waals surface area contributed by atoms with Crippen LogP contribution in [0, 0.1) is 0 Å². The number of carbonyl (C=O) groups is 1. The van der Waals surface area contributed by atoms with Crippen LogP contribution in [0.3, 0.4) is 0 Å². The van der Waals surface area contributed by atoms with E-state index in [1.54, 1.807) is 19.1 Å². The maximum atomic E-state index is 12.2. The number of likely N-dealkylation sites (N-methyl/N-ethyl adjacent to an activating group) is 1. The Balaban J connectivity index is 2.89. The standard InChI is InChI=1S/C13H20N2O4S/c1-4-19-13(16)9-15(3)20(17,18)12-7-5-11(6-8-12)10(2)14/h5-8,10H,4,9,14H2,1-3H3. The summed E-state index contributed by atoms with van der Waals surface area (Å²) in [5.74, 6) is -0.578. The SMILES string of the molecule is CCOC(=O)CN(C)S(=O)(=O)c1ccc(C(C)N)cc1. The lowest BCUT2D eigenvalue weighted by atomic mass is 10.1. The molecule has 2 N–H and O–H groups in total. The van der Waals surface area contributed by atoms with Gasteiger partial charge in [-0.05, 0) is 31.5 Å². The molecule has 0 aromatic heterocycles. The topological polar surface area (TPSA) is 89.7 Å². The minimum atomic E-state index is -3.70. The molecule has 1 rings (SSSR count). The van der Waals surface area contributed by atoms with E-state index in [1.165, 1.54) is 19.2 Å². The third kappa shape index (κ3) is 4.03. The molecule has 6 nitrogen and oxygen atoms in total. The fourth-order valence-corrected chi connectivity index (χ4v) is 2.71. The number of benzene rings is 1. The summed E-state index contributed by atoms with van der Waals surface area (Å²) in [7, 11) is -2.36. The lowest BCUT2D eigenvalue weighted by Gasteiger charge is -2.16. The summed E-state index contributed by atoms with van der Waals surface area (Å²) in [6.45, 7) is 3.39. The highest BCUT2D eigenvalue weighted by Gasteiger charge is 2.23. The first-order chi connectivity index (χ1) is 9.28. The van der Waals surface area contributed by atoms with Crippen molar-refractivity contribution in [3.63, 3.8) is 0 Å². The van der Waals surface area contributed by atoms with E-state index in [9.17, 15) is 13.2 Å². The summed E-state index contributed by atoms with van der Waals surface area (Å²) < 4.78 is 30.2. The van der Waals surface area contributed by atoms with Crippen LogP contribution in [0.5, 0.6) is 0 Å². The van der Waals surface area contributed by atoms with Crippen molar-refractivity contribution in [2.45, 2.75) is 24.8 Å². The summed E-state index contributed by atoms with van der Waals surface area (Å²) in [4.78, 5) is 11.4. The van der Waals surface area contributed by atoms with E-state index in [2.05, 4.69) is 0 Å². The van der Waals surface area contributed by atoms with Gasteiger partial charge in [0.25, 0.3) is 0 Å². The monoisotopic (exact) mass is 300 g/mol. The normalized spacial score (nSPS) is 13.2. The van der Waals surface area contributed by atoms with E-state index in [-0.39, 0.29) is 24.1 Å². The molecule has 112 valence electrons. The Morgan fingerprint density at radius 2 is 1.90 bits per heavy atom. The van der Waals surface area contributed by atoms with E-state index in [1.807, 2.05) is 6.92 Å². The van der Waals surface area contributed by atoms with Crippen molar-refractivity contribution in [1.29, 1.82) is 0 Å². The maximum absolute atomic E-state index is 12.2. The van der Waals surface area contributed by atoms with Crippen molar-refractivity contribution < 1.29 is 17.9 Å². The van der Waals surface area contributed by atoms with Crippen molar-refractivity contribution in [1.82, 2.24) is 4.31 Å². The average Bonchev–Trinajstić information content (AvgIpc) is 2.38. The quantitative estimate of drug-likeness (QED) is 0.788. The van der Waals surface area contributed by atoms with Crippen molar-refractivity contribution in [3.05, 3.63) is 29.8 Å². The van der Waals surface area contributed by atoms with Crippen molar-refractivity contribution in [2.24, 2.45) is 5.73 Å². The zero-order valence-corrected chi connectivity index (χ0v) is 12.7. The number of hydrogen-bond donors (Lipinski definition) is 1. The van der Waals surface area contributed by atoms with Crippen LogP contribution in [-0.2, 0) is 19.6 Å².